The second kappa shape index (κ2) is 6.15. The predicted molar refractivity (Wildman–Crippen MR) is 85.2 cm³/mol. The summed E-state index contributed by atoms with van der Waals surface area (Å²) in [5, 5.41) is 7.16. The zero-order valence-corrected chi connectivity index (χ0v) is 12.6. The van der Waals surface area contributed by atoms with Crippen molar-refractivity contribution in [2.75, 3.05) is 31.5 Å². The molecule has 3 heteroatoms. The molecule has 0 unspecified atom stereocenters. The molecule has 0 saturated carbocycles. The Kier molecular flexibility index (Phi) is 4.27. The van der Waals surface area contributed by atoms with Gasteiger partial charge in [-0.1, -0.05) is 18.2 Å². The number of anilines is 1. The first kappa shape index (κ1) is 13.9. The molecule has 3 rings (SSSR count). The largest absolute Gasteiger partial charge is 0.382 e. The van der Waals surface area contributed by atoms with Crippen LogP contribution in [0.2, 0.25) is 0 Å². The molecular weight excluding hydrogens is 246 g/mol. The molecule has 110 valence electrons. The molecule has 0 aliphatic carbocycles. The van der Waals surface area contributed by atoms with Gasteiger partial charge < -0.3 is 10.6 Å². The Morgan fingerprint density at radius 3 is 2.40 bits per heavy atom. The monoisotopic (exact) mass is 273 g/mol. The fraction of sp³-hybridized carbons (Fsp3) is 0.647. The molecule has 2 aliphatic heterocycles. The van der Waals surface area contributed by atoms with E-state index in [1.54, 1.807) is 0 Å². The summed E-state index contributed by atoms with van der Waals surface area (Å²) in [6, 6.07) is 11.3. The first-order chi connectivity index (χ1) is 9.76. The van der Waals surface area contributed by atoms with Gasteiger partial charge in [0.1, 0.15) is 0 Å². The first-order valence-electron chi connectivity index (χ1n) is 8.04. The van der Waals surface area contributed by atoms with Gasteiger partial charge in [0.15, 0.2) is 0 Å². The lowest BCUT2D eigenvalue weighted by atomic mass is 9.86. The Balaban J connectivity index is 1.52. The molecule has 1 aromatic rings. The summed E-state index contributed by atoms with van der Waals surface area (Å²) in [6.45, 7) is 7.29. The molecule has 2 saturated heterocycles. The van der Waals surface area contributed by atoms with Gasteiger partial charge in [0, 0.05) is 30.4 Å². The van der Waals surface area contributed by atoms with Gasteiger partial charge in [0.2, 0.25) is 0 Å². The van der Waals surface area contributed by atoms with Crippen molar-refractivity contribution in [1.29, 1.82) is 0 Å². The number of hydrogen-bond donors (Lipinski definition) is 2. The van der Waals surface area contributed by atoms with Crippen LogP contribution in [0.1, 0.15) is 32.6 Å². The number of nitrogens with zero attached hydrogens (tertiary/aromatic N) is 1. The van der Waals surface area contributed by atoms with Crippen LogP contribution in [0, 0.1) is 0 Å². The first-order valence-corrected chi connectivity index (χ1v) is 8.04. The van der Waals surface area contributed by atoms with Crippen LogP contribution >= 0.6 is 0 Å². The summed E-state index contributed by atoms with van der Waals surface area (Å²) in [4.78, 5) is 2.73. The second-order valence-electron chi connectivity index (χ2n) is 6.52. The van der Waals surface area contributed by atoms with Crippen LogP contribution in [0.4, 0.5) is 5.69 Å². The van der Waals surface area contributed by atoms with Crippen molar-refractivity contribution in [3.63, 3.8) is 0 Å². The van der Waals surface area contributed by atoms with Crippen molar-refractivity contribution in [2.45, 2.75) is 44.2 Å². The van der Waals surface area contributed by atoms with E-state index >= 15 is 0 Å². The molecule has 2 aliphatic rings. The van der Waals surface area contributed by atoms with Crippen molar-refractivity contribution in [2.24, 2.45) is 0 Å². The SMILES string of the molecule is CC1(N2CCC(Nc3ccccc3)CC2)CCNCC1. The standard InChI is InChI=1S/C17H27N3/c1-17(9-11-18-12-10-17)20-13-7-16(8-14-20)19-15-5-3-2-4-6-15/h2-6,16,18-19H,7-14H2,1H3. The minimum Gasteiger partial charge on any atom is -0.382 e. The van der Waals surface area contributed by atoms with Crippen LogP contribution in [-0.4, -0.2) is 42.7 Å². The maximum absolute atomic E-state index is 3.68. The molecule has 0 aromatic heterocycles. The molecule has 0 radical (unpaired) electrons. The predicted octanol–water partition coefficient (Wildman–Crippen LogP) is 2.71. The van der Waals surface area contributed by atoms with Crippen LogP contribution < -0.4 is 10.6 Å². The molecule has 0 atom stereocenters. The van der Waals surface area contributed by atoms with Crippen molar-refractivity contribution in [1.82, 2.24) is 10.2 Å². The Morgan fingerprint density at radius 1 is 1.10 bits per heavy atom. The lowest BCUT2D eigenvalue weighted by molar-refractivity contribution is 0.0512. The normalized spacial score (nSPS) is 24.4. The minimum absolute atomic E-state index is 0.433. The molecule has 2 N–H and O–H groups in total. The topological polar surface area (TPSA) is 27.3 Å². The second-order valence-corrected chi connectivity index (χ2v) is 6.52. The molecule has 1 aromatic carbocycles. The zero-order valence-electron chi connectivity index (χ0n) is 12.6. The summed E-state index contributed by atoms with van der Waals surface area (Å²) >= 11 is 0. The van der Waals surface area contributed by atoms with Gasteiger partial charge in [-0.05, 0) is 57.8 Å². The number of hydrogen-bond acceptors (Lipinski definition) is 3. The maximum Gasteiger partial charge on any atom is 0.0342 e. The Labute approximate surface area is 122 Å². The molecule has 20 heavy (non-hydrogen) atoms. The van der Waals surface area contributed by atoms with E-state index in [0.717, 1.165) is 0 Å². The average Bonchev–Trinajstić information content (AvgIpc) is 2.50. The fourth-order valence-corrected chi connectivity index (χ4v) is 3.62. The molecule has 3 nitrogen and oxygen atoms in total. The van der Waals surface area contributed by atoms with Crippen molar-refractivity contribution < 1.29 is 0 Å². The summed E-state index contributed by atoms with van der Waals surface area (Å²) in [5.74, 6) is 0. The number of rotatable bonds is 3. The average molecular weight is 273 g/mol. The maximum atomic E-state index is 3.68. The van der Waals surface area contributed by atoms with Gasteiger partial charge in [-0.2, -0.15) is 0 Å². The summed E-state index contributed by atoms with van der Waals surface area (Å²) in [6.07, 6.45) is 5.11. The number of para-hydroxylation sites is 1. The smallest absolute Gasteiger partial charge is 0.0342 e. The quantitative estimate of drug-likeness (QED) is 0.886. The van der Waals surface area contributed by atoms with Crippen LogP contribution in [0.5, 0.6) is 0 Å². The number of likely N-dealkylation sites (tertiary alicyclic amines) is 1. The van der Waals surface area contributed by atoms with Crippen LogP contribution in [0.25, 0.3) is 0 Å². The third-order valence-corrected chi connectivity index (χ3v) is 5.08. The van der Waals surface area contributed by atoms with Crippen LogP contribution in [0.15, 0.2) is 30.3 Å². The van der Waals surface area contributed by atoms with E-state index < -0.39 is 0 Å². The number of nitrogens with one attached hydrogen (secondary N) is 2. The molecular formula is C17H27N3. The van der Waals surface area contributed by atoms with Crippen molar-refractivity contribution in [3.8, 4) is 0 Å². The van der Waals surface area contributed by atoms with Gasteiger partial charge in [0.05, 0.1) is 0 Å². The summed E-state index contributed by atoms with van der Waals surface area (Å²) < 4.78 is 0. The lowest BCUT2D eigenvalue weighted by Gasteiger charge is -2.47. The Morgan fingerprint density at radius 2 is 1.75 bits per heavy atom. The van der Waals surface area contributed by atoms with Crippen molar-refractivity contribution in [3.05, 3.63) is 30.3 Å². The van der Waals surface area contributed by atoms with E-state index in [1.807, 2.05) is 0 Å². The van der Waals surface area contributed by atoms with E-state index in [4.69, 9.17) is 0 Å². The van der Waals surface area contributed by atoms with E-state index in [2.05, 4.69) is 52.8 Å². The van der Waals surface area contributed by atoms with Gasteiger partial charge in [-0.15, -0.1) is 0 Å². The van der Waals surface area contributed by atoms with Crippen molar-refractivity contribution >= 4 is 5.69 Å². The number of benzene rings is 1. The molecule has 0 amide bonds. The zero-order chi connectivity index (χ0) is 13.8. The van der Waals surface area contributed by atoms with Gasteiger partial charge in [-0.3, -0.25) is 4.90 Å². The molecule has 2 heterocycles. The molecule has 0 spiro atoms. The Hall–Kier alpha value is -1.06. The van der Waals surface area contributed by atoms with Crippen LogP contribution in [0.3, 0.4) is 0 Å². The fourth-order valence-electron chi connectivity index (χ4n) is 3.62. The highest BCUT2D eigenvalue weighted by Crippen LogP contribution is 2.29. The highest BCUT2D eigenvalue weighted by Gasteiger charge is 2.35. The van der Waals surface area contributed by atoms with E-state index in [-0.39, 0.29) is 0 Å². The minimum atomic E-state index is 0.433. The van der Waals surface area contributed by atoms with Gasteiger partial charge in [0.25, 0.3) is 0 Å². The van der Waals surface area contributed by atoms with Crippen LogP contribution in [-0.2, 0) is 0 Å². The highest BCUT2D eigenvalue weighted by atomic mass is 15.2. The van der Waals surface area contributed by atoms with E-state index in [9.17, 15) is 0 Å². The third kappa shape index (κ3) is 3.15. The molecule has 2 fully saturated rings. The highest BCUT2D eigenvalue weighted by molar-refractivity contribution is 5.43. The summed E-state index contributed by atoms with van der Waals surface area (Å²) in [7, 11) is 0. The van der Waals surface area contributed by atoms with E-state index in [0.29, 0.717) is 11.6 Å². The summed E-state index contributed by atoms with van der Waals surface area (Å²) in [5.41, 5.74) is 1.70. The Bertz CT molecular complexity index is 404. The molecule has 0 bridgehead atoms. The third-order valence-electron chi connectivity index (χ3n) is 5.08. The van der Waals surface area contributed by atoms with Gasteiger partial charge >= 0.3 is 0 Å². The van der Waals surface area contributed by atoms with E-state index in [1.165, 1.54) is 57.5 Å². The lowest BCUT2D eigenvalue weighted by Crippen LogP contribution is -2.56. The van der Waals surface area contributed by atoms with Gasteiger partial charge in [-0.25, -0.2) is 0 Å². The number of piperidine rings is 2.